The van der Waals surface area contributed by atoms with Gasteiger partial charge in [-0.25, -0.2) is 4.98 Å². The van der Waals surface area contributed by atoms with E-state index in [4.69, 9.17) is 16.6 Å². The number of aromatic amines is 1. The van der Waals surface area contributed by atoms with Crippen LogP contribution in [0.15, 0.2) is 59.5 Å². The van der Waals surface area contributed by atoms with Crippen LogP contribution >= 0.6 is 11.6 Å². The van der Waals surface area contributed by atoms with Crippen LogP contribution in [0.4, 0.5) is 0 Å². The molecule has 4 rings (SSSR count). The maximum atomic E-state index is 12.4. The van der Waals surface area contributed by atoms with Crippen LogP contribution in [-0.2, 0) is 6.54 Å². The van der Waals surface area contributed by atoms with E-state index < -0.39 is 0 Å². The fraction of sp³-hybridized carbons (Fsp3) is 0.143. The molecule has 0 radical (unpaired) electrons. The lowest BCUT2D eigenvalue weighted by Gasteiger charge is -2.10. The SMILES string of the molecule is Cc1cc2nc(-c3ccc[nH]c3=O)n(Cc3ccc(Cl)cc3)c2cc1C. The Morgan fingerprint density at radius 2 is 1.81 bits per heavy atom. The third-order valence-corrected chi connectivity index (χ3v) is 4.93. The highest BCUT2D eigenvalue weighted by Gasteiger charge is 2.16. The largest absolute Gasteiger partial charge is 0.328 e. The van der Waals surface area contributed by atoms with Gasteiger partial charge in [-0.1, -0.05) is 23.7 Å². The molecule has 0 saturated carbocycles. The number of halogens is 1. The number of benzene rings is 2. The maximum Gasteiger partial charge on any atom is 0.258 e. The van der Waals surface area contributed by atoms with E-state index in [-0.39, 0.29) is 5.56 Å². The van der Waals surface area contributed by atoms with Crippen LogP contribution in [0.1, 0.15) is 16.7 Å². The molecular weight excluding hydrogens is 346 g/mol. The van der Waals surface area contributed by atoms with Gasteiger partial charge in [-0.2, -0.15) is 0 Å². The monoisotopic (exact) mass is 363 g/mol. The molecule has 2 heterocycles. The molecule has 0 unspecified atom stereocenters. The number of fused-ring (bicyclic) bond motifs is 1. The molecule has 0 aliphatic rings. The number of aryl methyl sites for hydroxylation is 2. The number of rotatable bonds is 3. The van der Waals surface area contributed by atoms with Crippen LogP contribution < -0.4 is 5.56 Å². The summed E-state index contributed by atoms with van der Waals surface area (Å²) in [5.74, 6) is 0.668. The summed E-state index contributed by atoms with van der Waals surface area (Å²) in [7, 11) is 0. The molecule has 0 amide bonds. The summed E-state index contributed by atoms with van der Waals surface area (Å²) in [4.78, 5) is 19.9. The van der Waals surface area contributed by atoms with Gasteiger partial charge in [-0.05, 0) is 66.9 Å². The van der Waals surface area contributed by atoms with Crippen molar-refractivity contribution in [3.8, 4) is 11.4 Å². The number of hydrogen-bond acceptors (Lipinski definition) is 2. The molecular formula is C21H18ClN3O. The van der Waals surface area contributed by atoms with Crippen molar-refractivity contribution in [1.82, 2.24) is 14.5 Å². The molecule has 0 atom stereocenters. The standard InChI is InChI=1S/C21H18ClN3O/c1-13-10-18-19(11-14(13)2)25(12-15-5-7-16(22)8-6-15)20(24-18)17-4-3-9-23-21(17)26/h3-11H,12H2,1-2H3,(H,23,26). The smallest absolute Gasteiger partial charge is 0.258 e. The number of aromatic nitrogens is 3. The second kappa shape index (κ2) is 6.46. The van der Waals surface area contributed by atoms with E-state index in [1.165, 1.54) is 11.1 Å². The van der Waals surface area contributed by atoms with Crippen molar-refractivity contribution in [3.05, 3.63) is 86.8 Å². The fourth-order valence-corrected chi connectivity index (χ4v) is 3.24. The maximum absolute atomic E-state index is 12.4. The van der Waals surface area contributed by atoms with Crippen molar-refractivity contribution >= 4 is 22.6 Å². The summed E-state index contributed by atoms with van der Waals surface area (Å²) >= 11 is 6.01. The summed E-state index contributed by atoms with van der Waals surface area (Å²) in [6, 6.07) is 15.6. The number of pyridine rings is 1. The number of hydrogen-bond donors (Lipinski definition) is 1. The van der Waals surface area contributed by atoms with Gasteiger partial charge in [-0.15, -0.1) is 0 Å². The summed E-state index contributed by atoms with van der Waals surface area (Å²) < 4.78 is 2.09. The Kier molecular flexibility index (Phi) is 4.13. The van der Waals surface area contributed by atoms with E-state index >= 15 is 0 Å². The summed E-state index contributed by atoms with van der Waals surface area (Å²) in [6.07, 6.45) is 1.63. The van der Waals surface area contributed by atoms with Gasteiger partial charge in [0.1, 0.15) is 5.82 Å². The molecule has 0 bridgehead atoms. The van der Waals surface area contributed by atoms with Gasteiger partial charge in [-0.3, -0.25) is 4.79 Å². The predicted molar refractivity (Wildman–Crippen MR) is 106 cm³/mol. The van der Waals surface area contributed by atoms with Gasteiger partial charge in [0.05, 0.1) is 16.6 Å². The molecule has 130 valence electrons. The Morgan fingerprint density at radius 1 is 1.08 bits per heavy atom. The predicted octanol–water partition coefficient (Wildman–Crippen LogP) is 4.71. The molecule has 2 aromatic carbocycles. The van der Waals surface area contributed by atoms with Crippen molar-refractivity contribution in [2.24, 2.45) is 0 Å². The van der Waals surface area contributed by atoms with Crippen LogP contribution in [0.25, 0.3) is 22.4 Å². The number of nitrogens with one attached hydrogen (secondary N) is 1. The zero-order chi connectivity index (χ0) is 18.3. The lowest BCUT2D eigenvalue weighted by Crippen LogP contribution is -2.11. The molecule has 5 heteroatoms. The molecule has 1 N–H and O–H groups in total. The van der Waals surface area contributed by atoms with E-state index in [1.807, 2.05) is 30.3 Å². The number of imidazole rings is 1. The van der Waals surface area contributed by atoms with Gasteiger partial charge in [0.2, 0.25) is 0 Å². The topological polar surface area (TPSA) is 50.7 Å². The average molecular weight is 364 g/mol. The van der Waals surface area contributed by atoms with Crippen LogP contribution in [0.3, 0.4) is 0 Å². The minimum Gasteiger partial charge on any atom is -0.328 e. The van der Waals surface area contributed by atoms with Gasteiger partial charge in [0, 0.05) is 17.8 Å². The van der Waals surface area contributed by atoms with Crippen LogP contribution in [0, 0.1) is 13.8 Å². The zero-order valence-corrected chi connectivity index (χ0v) is 15.3. The zero-order valence-electron chi connectivity index (χ0n) is 14.6. The van der Waals surface area contributed by atoms with Gasteiger partial charge >= 0.3 is 0 Å². The van der Waals surface area contributed by atoms with Crippen molar-refractivity contribution in [2.75, 3.05) is 0 Å². The summed E-state index contributed by atoms with van der Waals surface area (Å²) in [5.41, 5.74) is 5.80. The van der Waals surface area contributed by atoms with E-state index in [9.17, 15) is 4.79 Å². The third-order valence-electron chi connectivity index (χ3n) is 4.68. The highest BCUT2D eigenvalue weighted by Crippen LogP contribution is 2.26. The lowest BCUT2D eigenvalue weighted by atomic mass is 10.1. The molecule has 26 heavy (non-hydrogen) atoms. The third kappa shape index (κ3) is 2.93. The Balaban J connectivity index is 1.96. The van der Waals surface area contributed by atoms with Crippen LogP contribution in [0.2, 0.25) is 5.02 Å². The second-order valence-corrected chi connectivity index (χ2v) is 6.92. The van der Waals surface area contributed by atoms with Crippen molar-refractivity contribution in [3.63, 3.8) is 0 Å². The second-order valence-electron chi connectivity index (χ2n) is 6.49. The molecule has 4 nitrogen and oxygen atoms in total. The first-order valence-electron chi connectivity index (χ1n) is 8.43. The molecule has 0 aliphatic carbocycles. The Labute approximate surface area is 156 Å². The van der Waals surface area contributed by atoms with Gasteiger partial charge < -0.3 is 9.55 Å². The first-order valence-corrected chi connectivity index (χ1v) is 8.81. The fourth-order valence-electron chi connectivity index (χ4n) is 3.12. The Hall–Kier alpha value is -2.85. The highest BCUT2D eigenvalue weighted by molar-refractivity contribution is 6.30. The Bertz CT molecular complexity index is 1160. The van der Waals surface area contributed by atoms with E-state index in [0.29, 0.717) is 23.0 Å². The Morgan fingerprint density at radius 3 is 2.54 bits per heavy atom. The molecule has 0 saturated heterocycles. The summed E-state index contributed by atoms with van der Waals surface area (Å²) in [6.45, 7) is 4.77. The average Bonchev–Trinajstić information content (AvgIpc) is 2.95. The molecule has 0 spiro atoms. The van der Waals surface area contributed by atoms with Gasteiger partial charge in [0.15, 0.2) is 0 Å². The molecule has 2 aromatic heterocycles. The molecule has 4 aromatic rings. The molecule has 0 aliphatic heterocycles. The van der Waals surface area contributed by atoms with Gasteiger partial charge in [0.25, 0.3) is 5.56 Å². The minimum absolute atomic E-state index is 0.145. The quantitative estimate of drug-likeness (QED) is 0.573. The number of H-pyrrole nitrogens is 1. The normalized spacial score (nSPS) is 11.2. The minimum atomic E-state index is -0.145. The van der Waals surface area contributed by atoms with Crippen molar-refractivity contribution in [2.45, 2.75) is 20.4 Å². The van der Waals surface area contributed by atoms with E-state index in [1.54, 1.807) is 12.3 Å². The van der Waals surface area contributed by atoms with Crippen molar-refractivity contribution in [1.29, 1.82) is 0 Å². The first-order chi connectivity index (χ1) is 12.5. The molecule has 0 fully saturated rings. The first kappa shape index (κ1) is 16.6. The summed E-state index contributed by atoms with van der Waals surface area (Å²) in [5, 5.41) is 0.704. The van der Waals surface area contributed by atoms with E-state index in [2.05, 4.69) is 35.5 Å². The van der Waals surface area contributed by atoms with Crippen LogP contribution in [-0.4, -0.2) is 14.5 Å². The van der Waals surface area contributed by atoms with Crippen molar-refractivity contribution < 1.29 is 0 Å². The number of nitrogens with zero attached hydrogens (tertiary/aromatic N) is 2. The highest BCUT2D eigenvalue weighted by atomic mass is 35.5. The lowest BCUT2D eigenvalue weighted by molar-refractivity contribution is 0.832. The van der Waals surface area contributed by atoms with Crippen LogP contribution in [0.5, 0.6) is 0 Å². The van der Waals surface area contributed by atoms with E-state index in [0.717, 1.165) is 16.6 Å².